The molecule has 0 unspecified atom stereocenters. The smallest absolute Gasteiger partial charge is 0.242 e. The molecule has 0 aliphatic carbocycles. The average Bonchev–Trinajstić information content (AvgIpc) is 2.36. The van der Waals surface area contributed by atoms with Gasteiger partial charge in [0.1, 0.15) is 0 Å². The zero-order valence-corrected chi connectivity index (χ0v) is 13.0. The molecular formula is C15H32N2O. The number of hydrogen-bond acceptors (Lipinski definition) is 2. The quantitative estimate of drug-likeness (QED) is 0.609. The molecule has 3 heteroatoms. The number of hydrogen-bond donors (Lipinski definition) is 1. The topological polar surface area (TPSA) is 32.3 Å². The summed E-state index contributed by atoms with van der Waals surface area (Å²) in [6.45, 7) is 10.1. The minimum absolute atomic E-state index is 0.234. The molecular weight excluding hydrogens is 224 g/mol. The molecule has 0 aromatic heterocycles. The van der Waals surface area contributed by atoms with Crippen molar-refractivity contribution in [2.75, 3.05) is 20.1 Å². The molecule has 0 rings (SSSR count). The van der Waals surface area contributed by atoms with E-state index < -0.39 is 5.54 Å². The van der Waals surface area contributed by atoms with Gasteiger partial charge in [0.15, 0.2) is 0 Å². The summed E-state index contributed by atoms with van der Waals surface area (Å²) in [5.41, 5.74) is -0.446. The fraction of sp³-hybridized carbons (Fsp3) is 0.933. The molecule has 1 amide bonds. The summed E-state index contributed by atoms with van der Waals surface area (Å²) in [6.07, 6.45) is 7.05. The molecule has 0 fully saturated rings. The van der Waals surface area contributed by atoms with Crippen molar-refractivity contribution in [3.63, 3.8) is 0 Å². The zero-order chi connectivity index (χ0) is 14.0. The van der Waals surface area contributed by atoms with Gasteiger partial charge in [-0.25, -0.2) is 0 Å². The van der Waals surface area contributed by atoms with Crippen LogP contribution in [0.5, 0.6) is 0 Å². The zero-order valence-electron chi connectivity index (χ0n) is 13.0. The minimum Gasteiger partial charge on any atom is -0.341 e. The summed E-state index contributed by atoms with van der Waals surface area (Å²) < 4.78 is 0. The van der Waals surface area contributed by atoms with Crippen molar-refractivity contribution in [1.82, 2.24) is 10.2 Å². The van der Waals surface area contributed by atoms with Gasteiger partial charge < -0.3 is 10.2 Å². The van der Waals surface area contributed by atoms with E-state index in [1.807, 2.05) is 25.8 Å². The van der Waals surface area contributed by atoms with Crippen LogP contribution in [0.15, 0.2) is 0 Å². The molecule has 0 aliphatic heterocycles. The number of likely N-dealkylation sites (N-methyl/N-ethyl adjacent to an activating group) is 1. The lowest BCUT2D eigenvalue weighted by molar-refractivity contribution is -0.137. The fourth-order valence-electron chi connectivity index (χ4n) is 1.92. The number of nitrogens with zero attached hydrogens (tertiary/aromatic N) is 1. The van der Waals surface area contributed by atoms with Gasteiger partial charge in [-0.3, -0.25) is 4.79 Å². The van der Waals surface area contributed by atoms with E-state index >= 15 is 0 Å². The Morgan fingerprint density at radius 1 is 1.00 bits per heavy atom. The van der Waals surface area contributed by atoms with Crippen molar-refractivity contribution in [3.8, 4) is 0 Å². The number of carbonyl (C=O) groups excluding carboxylic acids is 1. The lowest BCUT2D eigenvalue weighted by Gasteiger charge is -2.32. The SMILES string of the molecule is CCCCCN(CCCCC)C(=O)C(C)(C)NC. The van der Waals surface area contributed by atoms with Crippen LogP contribution in [0.2, 0.25) is 0 Å². The summed E-state index contributed by atoms with van der Waals surface area (Å²) in [5.74, 6) is 0.234. The lowest BCUT2D eigenvalue weighted by Crippen LogP contribution is -2.53. The van der Waals surface area contributed by atoms with Crippen LogP contribution in [-0.2, 0) is 4.79 Å². The van der Waals surface area contributed by atoms with Gasteiger partial charge in [0.05, 0.1) is 5.54 Å². The van der Waals surface area contributed by atoms with Gasteiger partial charge in [-0.2, -0.15) is 0 Å². The second-order valence-electron chi connectivity index (χ2n) is 5.58. The predicted molar refractivity (Wildman–Crippen MR) is 78.8 cm³/mol. The van der Waals surface area contributed by atoms with Crippen LogP contribution in [0.4, 0.5) is 0 Å². The number of nitrogens with one attached hydrogen (secondary N) is 1. The second kappa shape index (κ2) is 9.37. The van der Waals surface area contributed by atoms with E-state index in [0.717, 1.165) is 25.9 Å². The van der Waals surface area contributed by atoms with Crippen LogP contribution >= 0.6 is 0 Å². The van der Waals surface area contributed by atoms with Crippen LogP contribution in [-0.4, -0.2) is 36.5 Å². The van der Waals surface area contributed by atoms with Gasteiger partial charge in [-0.15, -0.1) is 0 Å². The highest BCUT2D eigenvalue weighted by Crippen LogP contribution is 2.11. The van der Waals surface area contributed by atoms with Gasteiger partial charge in [0, 0.05) is 13.1 Å². The van der Waals surface area contributed by atoms with E-state index in [-0.39, 0.29) is 5.91 Å². The normalized spacial score (nSPS) is 11.6. The van der Waals surface area contributed by atoms with E-state index in [0.29, 0.717) is 0 Å². The summed E-state index contributed by atoms with van der Waals surface area (Å²) in [5, 5.41) is 3.11. The maximum absolute atomic E-state index is 12.4. The van der Waals surface area contributed by atoms with Crippen molar-refractivity contribution < 1.29 is 4.79 Å². The van der Waals surface area contributed by atoms with Crippen LogP contribution in [0.3, 0.4) is 0 Å². The second-order valence-corrected chi connectivity index (χ2v) is 5.58. The van der Waals surface area contributed by atoms with Gasteiger partial charge in [-0.05, 0) is 33.7 Å². The number of carbonyl (C=O) groups is 1. The largest absolute Gasteiger partial charge is 0.341 e. The number of amides is 1. The van der Waals surface area contributed by atoms with Gasteiger partial charge in [0.25, 0.3) is 0 Å². The molecule has 0 spiro atoms. The van der Waals surface area contributed by atoms with Crippen LogP contribution in [0, 0.1) is 0 Å². The van der Waals surface area contributed by atoms with E-state index in [1.54, 1.807) is 0 Å². The maximum atomic E-state index is 12.4. The summed E-state index contributed by atoms with van der Waals surface area (Å²) in [7, 11) is 1.86. The first-order valence-corrected chi connectivity index (χ1v) is 7.47. The van der Waals surface area contributed by atoms with E-state index in [1.165, 1.54) is 25.7 Å². The number of rotatable bonds is 10. The van der Waals surface area contributed by atoms with Crippen LogP contribution < -0.4 is 5.32 Å². The molecule has 0 heterocycles. The summed E-state index contributed by atoms with van der Waals surface area (Å²) >= 11 is 0. The molecule has 0 aromatic carbocycles. The maximum Gasteiger partial charge on any atom is 0.242 e. The molecule has 0 saturated heterocycles. The van der Waals surface area contributed by atoms with E-state index in [9.17, 15) is 4.79 Å². The predicted octanol–water partition coefficient (Wildman–Crippen LogP) is 3.19. The summed E-state index contributed by atoms with van der Waals surface area (Å²) in [4.78, 5) is 14.5. The Hall–Kier alpha value is -0.570. The first-order chi connectivity index (χ1) is 8.49. The Bertz CT molecular complexity index is 217. The third-order valence-electron chi connectivity index (χ3n) is 3.51. The third-order valence-corrected chi connectivity index (χ3v) is 3.51. The number of unbranched alkanes of at least 4 members (excludes halogenated alkanes) is 4. The molecule has 0 radical (unpaired) electrons. The van der Waals surface area contributed by atoms with Gasteiger partial charge in [-0.1, -0.05) is 39.5 Å². The van der Waals surface area contributed by atoms with Crippen LogP contribution in [0.1, 0.15) is 66.2 Å². The van der Waals surface area contributed by atoms with Crippen molar-refractivity contribution >= 4 is 5.91 Å². The highest BCUT2D eigenvalue weighted by Gasteiger charge is 2.29. The Morgan fingerprint density at radius 2 is 1.44 bits per heavy atom. The first kappa shape index (κ1) is 17.4. The molecule has 0 atom stereocenters. The minimum atomic E-state index is -0.446. The highest BCUT2D eigenvalue weighted by molar-refractivity contribution is 5.85. The molecule has 108 valence electrons. The highest BCUT2D eigenvalue weighted by atomic mass is 16.2. The van der Waals surface area contributed by atoms with Crippen LogP contribution in [0.25, 0.3) is 0 Å². The van der Waals surface area contributed by atoms with Gasteiger partial charge in [0.2, 0.25) is 5.91 Å². The standard InChI is InChI=1S/C15H32N2O/c1-6-8-10-12-17(13-11-9-7-2)14(18)15(3,4)16-5/h16H,6-13H2,1-5H3. The lowest BCUT2D eigenvalue weighted by atomic mass is 10.0. The molecule has 1 N–H and O–H groups in total. The third kappa shape index (κ3) is 6.39. The molecule has 0 aromatic rings. The first-order valence-electron chi connectivity index (χ1n) is 7.47. The Kier molecular flexibility index (Phi) is 9.08. The fourth-order valence-corrected chi connectivity index (χ4v) is 1.92. The monoisotopic (exact) mass is 256 g/mol. The molecule has 18 heavy (non-hydrogen) atoms. The molecule has 0 bridgehead atoms. The molecule has 0 aliphatic rings. The van der Waals surface area contributed by atoms with E-state index in [2.05, 4.69) is 19.2 Å². The molecule has 3 nitrogen and oxygen atoms in total. The van der Waals surface area contributed by atoms with Crippen molar-refractivity contribution in [2.24, 2.45) is 0 Å². The average molecular weight is 256 g/mol. The molecule has 0 saturated carbocycles. The Labute approximate surface area is 113 Å². The Morgan fingerprint density at radius 3 is 1.78 bits per heavy atom. The van der Waals surface area contributed by atoms with Crippen molar-refractivity contribution in [1.29, 1.82) is 0 Å². The van der Waals surface area contributed by atoms with Crippen molar-refractivity contribution in [3.05, 3.63) is 0 Å². The van der Waals surface area contributed by atoms with E-state index in [4.69, 9.17) is 0 Å². The summed E-state index contributed by atoms with van der Waals surface area (Å²) in [6, 6.07) is 0. The van der Waals surface area contributed by atoms with Crippen molar-refractivity contribution in [2.45, 2.75) is 71.8 Å². The Balaban J connectivity index is 4.38. The van der Waals surface area contributed by atoms with Gasteiger partial charge >= 0.3 is 0 Å².